The van der Waals surface area contributed by atoms with E-state index in [4.69, 9.17) is 0 Å². The topological polar surface area (TPSA) is 54.2 Å². The summed E-state index contributed by atoms with van der Waals surface area (Å²) in [6, 6.07) is 27.2. The van der Waals surface area contributed by atoms with E-state index in [0.717, 1.165) is 36.6 Å². The van der Waals surface area contributed by atoms with Gasteiger partial charge in [-0.1, -0.05) is 66.7 Å². The number of aromatic nitrogens is 2. The number of fused-ring (bicyclic) bond motifs is 1. The molecule has 0 spiro atoms. The zero-order chi connectivity index (χ0) is 19.9. The lowest BCUT2D eigenvalue weighted by Crippen LogP contribution is -2.36. The molecule has 154 valence electrons. The van der Waals surface area contributed by atoms with Crippen LogP contribution in [0.15, 0.2) is 90.2 Å². The van der Waals surface area contributed by atoms with E-state index in [0.29, 0.717) is 0 Å². The van der Waals surface area contributed by atoms with E-state index in [9.17, 15) is 0 Å². The van der Waals surface area contributed by atoms with E-state index in [1.54, 1.807) is 7.05 Å². The SMILES string of the molecule is CN=C(NCc1ccccc1)NCc1ccc(Cn2cnc3ccccc32)cc1.I. The second kappa shape index (κ2) is 10.8. The molecule has 4 rings (SSSR count). The molecule has 1 heterocycles. The molecule has 0 aliphatic rings. The first-order valence-electron chi connectivity index (χ1n) is 9.78. The lowest BCUT2D eigenvalue weighted by atomic mass is 10.1. The predicted molar refractivity (Wildman–Crippen MR) is 134 cm³/mol. The fraction of sp³-hybridized carbons (Fsp3) is 0.167. The minimum atomic E-state index is 0. The van der Waals surface area contributed by atoms with E-state index >= 15 is 0 Å². The van der Waals surface area contributed by atoms with Crippen molar-refractivity contribution in [2.45, 2.75) is 19.6 Å². The number of halogens is 1. The summed E-state index contributed by atoms with van der Waals surface area (Å²) in [7, 11) is 1.79. The molecule has 30 heavy (non-hydrogen) atoms. The average molecular weight is 511 g/mol. The molecule has 0 amide bonds. The number of rotatable bonds is 6. The molecule has 0 aliphatic heterocycles. The van der Waals surface area contributed by atoms with Crippen LogP contribution in [0.3, 0.4) is 0 Å². The van der Waals surface area contributed by atoms with Crippen LogP contribution in [0.1, 0.15) is 16.7 Å². The molecule has 0 unspecified atom stereocenters. The molecule has 0 bridgehead atoms. The van der Waals surface area contributed by atoms with Crippen LogP contribution in [0.4, 0.5) is 0 Å². The van der Waals surface area contributed by atoms with Gasteiger partial charge in [-0.25, -0.2) is 4.98 Å². The molecule has 3 aromatic carbocycles. The summed E-state index contributed by atoms with van der Waals surface area (Å²) in [6.45, 7) is 2.29. The van der Waals surface area contributed by atoms with Gasteiger partial charge < -0.3 is 15.2 Å². The summed E-state index contributed by atoms with van der Waals surface area (Å²) in [4.78, 5) is 8.76. The molecule has 1 aromatic heterocycles. The van der Waals surface area contributed by atoms with Gasteiger partial charge in [0.25, 0.3) is 0 Å². The number of hydrogen-bond acceptors (Lipinski definition) is 2. The predicted octanol–water partition coefficient (Wildman–Crippen LogP) is 4.57. The molecule has 6 heteroatoms. The third-order valence-electron chi connectivity index (χ3n) is 4.89. The minimum absolute atomic E-state index is 0. The van der Waals surface area contributed by atoms with Crippen LogP contribution in [-0.2, 0) is 19.6 Å². The van der Waals surface area contributed by atoms with Crippen molar-refractivity contribution in [1.82, 2.24) is 20.2 Å². The Bertz CT molecular complexity index is 1090. The van der Waals surface area contributed by atoms with E-state index in [-0.39, 0.29) is 24.0 Å². The fourth-order valence-electron chi connectivity index (χ4n) is 3.28. The molecule has 0 aliphatic carbocycles. The van der Waals surface area contributed by atoms with Gasteiger partial charge in [0.15, 0.2) is 5.96 Å². The summed E-state index contributed by atoms with van der Waals surface area (Å²) in [5.74, 6) is 0.794. The summed E-state index contributed by atoms with van der Waals surface area (Å²) in [5, 5.41) is 6.71. The molecule has 0 radical (unpaired) electrons. The fourth-order valence-corrected chi connectivity index (χ4v) is 3.28. The molecule has 0 saturated heterocycles. The molecule has 2 N–H and O–H groups in total. The molecular formula is C24H26IN5. The van der Waals surface area contributed by atoms with Gasteiger partial charge in [0.2, 0.25) is 0 Å². The van der Waals surface area contributed by atoms with Crippen LogP contribution in [0.2, 0.25) is 0 Å². The Labute approximate surface area is 194 Å². The third kappa shape index (κ3) is 5.60. The summed E-state index contributed by atoms with van der Waals surface area (Å²) in [6.07, 6.45) is 1.91. The normalized spacial score (nSPS) is 11.2. The Morgan fingerprint density at radius 2 is 1.40 bits per heavy atom. The van der Waals surface area contributed by atoms with Crippen LogP contribution >= 0.6 is 24.0 Å². The van der Waals surface area contributed by atoms with Crippen molar-refractivity contribution in [3.63, 3.8) is 0 Å². The number of para-hydroxylation sites is 2. The standard InChI is InChI=1S/C24H25N5.HI/c1-25-24(26-15-19-7-3-2-4-8-19)27-16-20-11-13-21(14-12-20)17-29-18-28-22-9-5-6-10-23(22)29;/h2-14,18H,15-17H2,1H3,(H2,25,26,27);1H. The maximum Gasteiger partial charge on any atom is 0.191 e. The molecule has 0 fully saturated rings. The van der Waals surface area contributed by atoms with Crippen LogP contribution in [-0.4, -0.2) is 22.6 Å². The van der Waals surface area contributed by atoms with Gasteiger partial charge in [-0.2, -0.15) is 0 Å². The van der Waals surface area contributed by atoms with E-state index in [1.165, 1.54) is 16.7 Å². The Balaban J connectivity index is 0.00000256. The lowest BCUT2D eigenvalue weighted by Gasteiger charge is -2.12. The Morgan fingerprint density at radius 3 is 2.10 bits per heavy atom. The largest absolute Gasteiger partial charge is 0.352 e. The zero-order valence-electron chi connectivity index (χ0n) is 17.0. The van der Waals surface area contributed by atoms with Crippen molar-refractivity contribution in [2.75, 3.05) is 7.05 Å². The van der Waals surface area contributed by atoms with E-state index in [1.807, 2.05) is 42.7 Å². The quantitative estimate of drug-likeness (QED) is 0.227. The van der Waals surface area contributed by atoms with Crippen molar-refractivity contribution in [2.24, 2.45) is 4.99 Å². The maximum atomic E-state index is 4.46. The number of guanidine groups is 1. The highest BCUT2D eigenvalue weighted by Gasteiger charge is 2.03. The van der Waals surface area contributed by atoms with Gasteiger partial charge in [0.05, 0.1) is 17.4 Å². The first-order chi connectivity index (χ1) is 14.3. The summed E-state index contributed by atoms with van der Waals surface area (Å²) >= 11 is 0. The van der Waals surface area contributed by atoms with Gasteiger partial charge in [0.1, 0.15) is 0 Å². The first kappa shape index (κ1) is 21.8. The Kier molecular flexibility index (Phi) is 7.84. The van der Waals surface area contributed by atoms with Crippen LogP contribution in [0, 0.1) is 0 Å². The smallest absolute Gasteiger partial charge is 0.191 e. The number of imidazole rings is 1. The first-order valence-corrected chi connectivity index (χ1v) is 9.78. The van der Waals surface area contributed by atoms with Crippen molar-refractivity contribution in [3.8, 4) is 0 Å². The minimum Gasteiger partial charge on any atom is -0.352 e. The number of benzene rings is 3. The zero-order valence-corrected chi connectivity index (χ0v) is 19.3. The second-order valence-electron chi connectivity index (χ2n) is 6.94. The third-order valence-corrected chi connectivity index (χ3v) is 4.89. The number of nitrogens with one attached hydrogen (secondary N) is 2. The molecule has 4 aromatic rings. The average Bonchev–Trinajstić information content (AvgIpc) is 3.18. The number of aliphatic imine (C=N–C) groups is 1. The van der Waals surface area contributed by atoms with E-state index < -0.39 is 0 Å². The Morgan fingerprint density at radius 1 is 0.800 bits per heavy atom. The summed E-state index contributed by atoms with van der Waals surface area (Å²) < 4.78 is 2.18. The molecule has 0 saturated carbocycles. The van der Waals surface area contributed by atoms with Crippen LogP contribution in [0.5, 0.6) is 0 Å². The Hall–Kier alpha value is -2.87. The van der Waals surface area contributed by atoms with Crippen molar-refractivity contribution in [3.05, 3.63) is 102 Å². The van der Waals surface area contributed by atoms with Crippen LogP contribution in [0.25, 0.3) is 11.0 Å². The lowest BCUT2D eigenvalue weighted by molar-refractivity contribution is 0.804. The van der Waals surface area contributed by atoms with Crippen molar-refractivity contribution < 1.29 is 0 Å². The monoisotopic (exact) mass is 511 g/mol. The molecular weight excluding hydrogens is 485 g/mol. The number of hydrogen-bond donors (Lipinski definition) is 2. The molecule has 5 nitrogen and oxygen atoms in total. The van der Waals surface area contributed by atoms with Crippen molar-refractivity contribution in [1.29, 1.82) is 0 Å². The van der Waals surface area contributed by atoms with E-state index in [2.05, 4.69) is 67.6 Å². The van der Waals surface area contributed by atoms with Gasteiger partial charge in [-0.15, -0.1) is 24.0 Å². The summed E-state index contributed by atoms with van der Waals surface area (Å²) in [5.41, 5.74) is 5.89. The van der Waals surface area contributed by atoms with Crippen LogP contribution < -0.4 is 10.6 Å². The highest BCUT2D eigenvalue weighted by atomic mass is 127. The van der Waals surface area contributed by atoms with Gasteiger partial charge in [-0.05, 0) is 28.8 Å². The highest BCUT2D eigenvalue weighted by Crippen LogP contribution is 2.14. The van der Waals surface area contributed by atoms with Gasteiger partial charge in [-0.3, -0.25) is 4.99 Å². The maximum absolute atomic E-state index is 4.46. The highest BCUT2D eigenvalue weighted by molar-refractivity contribution is 14.0. The van der Waals surface area contributed by atoms with Gasteiger partial charge in [0, 0.05) is 26.7 Å². The molecule has 0 atom stereocenters. The number of nitrogens with zero attached hydrogens (tertiary/aromatic N) is 3. The van der Waals surface area contributed by atoms with Crippen molar-refractivity contribution >= 4 is 41.0 Å². The second-order valence-corrected chi connectivity index (χ2v) is 6.94. The van der Waals surface area contributed by atoms with Gasteiger partial charge >= 0.3 is 0 Å².